The van der Waals surface area contributed by atoms with Gasteiger partial charge in [0, 0.05) is 24.4 Å². The van der Waals surface area contributed by atoms with Crippen molar-refractivity contribution in [3.8, 4) is 5.75 Å². The van der Waals surface area contributed by atoms with Crippen LogP contribution < -0.4 is 9.46 Å². The molecule has 0 bridgehead atoms. The summed E-state index contributed by atoms with van der Waals surface area (Å²) >= 11 is 1.77. The number of amides is 1. The van der Waals surface area contributed by atoms with Crippen LogP contribution in [0, 0.1) is 0 Å². The Labute approximate surface area is 269 Å². The Hall–Kier alpha value is -3.83. The van der Waals surface area contributed by atoms with E-state index in [2.05, 4.69) is 41.1 Å². The van der Waals surface area contributed by atoms with E-state index in [4.69, 9.17) is 9.47 Å². The van der Waals surface area contributed by atoms with E-state index in [-0.39, 0.29) is 18.4 Å². The smallest absolute Gasteiger partial charge is 0.410 e. The molecule has 2 atom stereocenters. The molecule has 0 aliphatic carbocycles. The molecule has 236 valence electrons. The maximum atomic E-state index is 13.6. The molecule has 1 saturated heterocycles. The first-order chi connectivity index (χ1) is 21.8. The Bertz CT molecular complexity index is 1520. The molecule has 4 aromatic carbocycles. The summed E-state index contributed by atoms with van der Waals surface area (Å²) in [6.07, 6.45) is 0.0306. The fourth-order valence-electron chi connectivity index (χ4n) is 5.71. The number of nitrogens with zero attached hydrogens (tertiary/aromatic N) is 1. The van der Waals surface area contributed by atoms with Crippen molar-refractivity contribution in [3.63, 3.8) is 0 Å². The normalized spacial score (nSPS) is 16.8. The summed E-state index contributed by atoms with van der Waals surface area (Å²) in [5.41, 5.74) is 4.13. The number of hydrogen-bond acceptors (Lipinski definition) is 7. The van der Waals surface area contributed by atoms with Crippen molar-refractivity contribution in [2.24, 2.45) is 0 Å². The SMILES string of the molecule is COc1ccc(COC(=O)N2C[C@@H](SC(c3ccccc3)(c3ccccc3)c3ccccc3)C[C@H]2CNS(=O)(=O)CCO)cc1. The second-order valence-corrected chi connectivity index (χ2v) is 14.3. The standard InChI is InChI=1S/C35H38N2O6S2/c1-42-32-19-17-27(18-20-32)26-43-34(39)37-25-33(23-31(37)24-36-45(40,41)22-21-38)44-35(28-11-5-2-6-12-28,29-13-7-3-8-14-29)30-15-9-4-10-16-30/h2-20,31,33,36,38H,21-26H2,1H3/t31-,33-/m0/s1. The molecule has 0 saturated carbocycles. The van der Waals surface area contributed by atoms with Crippen molar-refractivity contribution in [1.82, 2.24) is 9.62 Å². The summed E-state index contributed by atoms with van der Waals surface area (Å²) in [4.78, 5) is 15.2. The summed E-state index contributed by atoms with van der Waals surface area (Å²) in [5, 5.41) is 9.16. The molecular formula is C35H38N2O6S2. The summed E-state index contributed by atoms with van der Waals surface area (Å²) in [6.45, 7) is -0.0271. The number of carbonyl (C=O) groups is 1. The predicted molar refractivity (Wildman–Crippen MR) is 178 cm³/mol. The van der Waals surface area contributed by atoms with Crippen molar-refractivity contribution < 1.29 is 27.8 Å². The van der Waals surface area contributed by atoms with Gasteiger partial charge >= 0.3 is 6.09 Å². The third-order valence-corrected chi connectivity index (χ3v) is 11.0. The number of benzene rings is 4. The van der Waals surface area contributed by atoms with Crippen molar-refractivity contribution in [3.05, 3.63) is 138 Å². The molecule has 1 aliphatic heterocycles. The van der Waals surface area contributed by atoms with Crippen LogP contribution in [0.2, 0.25) is 0 Å². The fraction of sp³-hybridized carbons (Fsp3) is 0.286. The van der Waals surface area contributed by atoms with Crippen LogP contribution in [0.15, 0.2) is 115 Å². The molecule has 1 fully saturated rings. The first-order valence-electron chi connectivity index (χ1n) is 14.8. The lowest BCUT2D eigenvalue weighted by atomic mass is 9.84. The molecule has 8 nitrogen and oxygen atoms in total. The maximum Gasteiger partial charge on any atom is 0.410 e. The summed E-state index contributed by atoms with van der Waals surface area (Å²) < 4.78 is 37.9. The number of nitrogens with one attached hydrogen (secondary N) is 1. The van der Waals surface area contributed by atoms with Gasteiger partial charge in [-0.3, -0.25) is 0 Å². The van der Waals surface area contributed by atoms with Crippen LogP contribution in [0.4, 0.5) is 4.79 Å². The third-order valence-electron chi connectivity index (χ3n) is 7.92. The van der Waals surface area contributed by atoms with E-state index in [9.17, 15) is 18.3 Å². The number of sulfonamides is 1. The van der Waals surface area contributed by atoms with Gasteiger partial charge < -0.3 is 19.5 Å². The van der Waals surface area contributed by atoms with Crippen LogP contribution >= 0.6 is 11.8 Å². The van der Waals surface area contributed by atoms with Gasteiger partial charge in [0.25, 0.3) is 0 Å². The van der Waals surface area contributed by atoms with E-state index in [0.717, 1.165) is 22.3 Å². The van der Waals surface area contributed by atoms with E-state index in [1.165, 1.54) is 0 Å². The molecule has 0 radical (unpaired) electrons. The van der Waals surface area contributed by atoms with Crippen molar-refractivity contribution >= 4 is 27.9 Å². The van der Waals surface area contributed by atoms with Gasteiger partial charge in [-0.25, -0.2) is 17.9 Å². The Morgan fingerprint density at radius 3 is 1.91 bits per heavy atom. The monoisotopic (exact) mass is 646 g/mol. The van der Waals surface area contributed by atoms with Gasteiger partial charge in [0.05, 0.1) is 24.2 Å². The molecule has 1 amide bonds. The lowest BCUT2D eigenvalue weighted by molar-refractivity contribution is 0.0927. The molecule has 5 rings (SSSR count). The highest BCUT2D eigenvalue weighted by Crippen LogP contribution is 2.52. The molecule has 1 aliphatic rings. The molecule has 0 aromatic heterocycles. The molecule has 45 heavy (non-hydrogen) atoms. The molecule has 10 heteroatoms. The van der Waals surface area contributed by atoms with Crippen molar-refractivity contribution in [1.29, 1.82) is 0 Å². The van der Waals surface area contributed by atoms with Crippen LogP contribution in [-0.4, -0.2) is 68.4 Å². The minimum absolute atomic E-state index is 0.0199. The van der Waals surface area contributed by atoms with Crippen LogP contribution in [-0.2, 0) is 26.1 Å². The van der Waals surface area contributed by atoms with Crippen LogP contribution in [0.1, 0.15) is 28.7 Å². The Morgan fingerprint density at radius 1 is 0.889 bits per heavy atom. The van der Waals surface area contributed by atoms with Gasteiger partial charge in [0.2, 0.25) is 10.0 Å². The summed E-state index contributed by atoms with van der Waals surface area (Å²) in [5.74, 6) is 0.303. The Kier molecular flexibility index (Phi) is 10.8. The number of likely N-dealkylation sites (tertiary alicyclic amines) is 1. The third kappa shape index (κ3) is 7.88. The summed E-state index contributed by atoms with van der Waals surface area (Å²) in [7, 11) is -2.12. The molecule has 4 aromatic rings. The largest absolute Gasteiger partial charge is 0.497 e. The molecule has 0 unspecified atom stereocenters. The average Bonchev–Trinajstić information content (AvgIpc) is 3.49. The maximum absolute atomic E-state index is 13.6. The van der Waals surface area contributed by atoms with Crippen molar-refractivity contribution in [2.45, 2.75) is 29.1 Å². The topological polar surface area (TPSA) is 105 Å². The number of aliphatic hydroxyl groups is 1. The van der Waals surface area contributed by atoms with Gasteiger partial charge in [-0.1, -0.05) is 103 Å². The molecular weight excluding hydrogens is 609 g/mol. The number of thioether (sulfide) groups is 1. The van der Waals surface area contributed by atoms with E-state index < -0.39 is 39.3 Å². The Morgan fingerprint density at radius 2 is 1.42 bits per heavy atom. The predicted octanol–water partition coefficient (Wildman–Crippen LogP) is 5.41. The minimum Gasteiger partial charge on any atom is -0.497 e. The van der Waals surface area contributed by atoms with E-state index in [1.807, 2.05) is 66.7 Å². The second-order valence-electron chi connectivity index (χ2n) is 10.9. The first kappa shape index (κ1) is 32.6. The highest BCUT2D eigenvalue weighted by molar-refractivity contribution is 8.01. The zero-order valence-corrected chi connectivity index (χ0v) is 26.8. The van der Waals surface area contributed by atoms with E-state index in [1.54, 1.807) is 35.9 Å². The molecule has 0 spiro atoms. The molecule has 2 N–H and O–H groups in total. The lowest BCUT2D eigenvalue weighted by Gasteiger charge is -2.37. The van der Waals surface area contributed by atoms with E-state index >= 15 is 0 Å². The number of carbonyl (C=O) groups excluding carboxylic acids is 1. The number of ether oxygens (including phenoxy) is 2. The zero-order chi connectivity index (χ0) is 31.7. The quantitative estimate of drug-likeness (QED) is 0.187. The van der Waals surface area contributed by atoms with Crippen LogP contribution in [0.3, 0.4) is 0 Å². The second kappa shape index (κ2) is 15.0. The first-order valence-corrected chi connectivity index (χ1v) is 17.4. The lowest BCUT2D eigenvalue weighted by Crippen LogP contribution is -2.44. The van der Waals surface area contributed by atoms with Gasteiger partial charge in [-0.15, -0.1) is 11.8 Å². The van der Waals surface area contributed by atoms with Gasteiger partial charge in [-0.05, 0) is 40.8 Å². The highest BCUT2D eigenvalue weighted by atomic mass is 32.2. The van der Waals surface area contributed by atoms with Crippen LogP contribution in [0.5, 0.6) is 5.75 Å². The van der Waals surface area contributed by atoms with Crippen molar-refractivity contribution in [2.75, 3.05) is 32.6 Å². The summed E-state index contributed by atoms with van der Waals surface area (Å²) in [6, 6.07) is 37.8. The number of aliphatic hydroxyl groups excluding tert-OH is 1. The highest BCUT2D eigenvalue weighted by Gasteiger charge is 2.44. The van der Waals surface area contributed by atoms with Crippen LogP contribution in [0.25, 0.3) is 0 Å². The number of methoxy groups -OCH3 is 1. The van der Waals surface area contributed by atoms with Gasteiger partial charge in [0.1, 0.15) is 12.4 Å². The molecule has 1 heterocycles. The van der Waals surface area contributed by atoms with E-state index in [0.29, 0.717) is 18.7 Å². The van der Waals surface area contributed by atoms with Gasteiger partial charge in [-0.2, -0.15) is 0 Å². The number of rotatable bonds is 13. The zero-order valence-electron chi connectivity index (χ0n) is 25.1. The van der Waals surface area contributed by atoms with Gasteiger partial charge in [0.15, 0.2) is 0 Å². The Balaban J connectivity index is 1.46. The number of hydrogen-bond donors (Lipinski definition) is 2. The average molecular weight is 647 g/mol. The minimum atomic E-state index is -3.71. The fourth-order valence-corrected chi connectivity index (χ4v) is 8.42.